The van der Waals surface area contributed by atoms with Crippen molar-refractivity contribution in [1.82, 2.24) is 0 Å². The summed E-state index contributed by atoms with van der Waals surface area (Å²) >= 11 is 5.86. The number of carbonyl (C=O) groups excluding carboxylic acids is 2. The molecule has 0 aromatic heterocycles. The fraction of sp³-hybridized carbons (Fsp3) is 0.0909. The summed E-state index contributed by atoms with van der Waals surface area (Å²) in [6.07, 6.45) is 0. The summed E-state index contributed by atoms with van der Waals surface area (Å²) in [6, 6.07) is 17.4. The average Bonchev–Trinajstić information content (AvgIpc) is 2.70. The van der Waals surface area contributed by atoms with Crippen LogP contribution in [0.3, 0.4) is 0 Å². The van der Waals surface area contributed by atoms with Gasteiger partial charge in [0.05, 0.1) is 16.1 Å². The Morgan fingerprint density at radius 1 is 0.871 bits per heavy atom. The highest BCUT2D eigenvalue weighted by atomic mass is 35.5. The molecular formula is C22H20ClN3O4S. The number of anilines is 3. The molecule has 0 aliphatic carbocycles. The third kappa shape index (κ3) is 5.62. The highest BCUT2D eigenvalue weighted by molar-refractivity contribution is 7.92. The lowest BCUT2D eigenvalue weighted by Gasteiger charge is -2.15. The van der Waals surface area contributed by atoms with E-state index in [2.05, 4.69) is 15.4 Å². The molecule has 0 fully saturated rings. The maximum Gasteiger partial charge on any atom is 0.262 e. The zero-order valence-corrected chi connectivity index (χ0v) is 18.3. The summed E-state index contributed by atoms with van der Waals surface area (Å²) in [5.74, 6) is -0.797. The number of halogens is 1. The molecule has 3 aromatic carbocycles. The maximum absolute atomic E-state index is 13.1. The van der Waals surface area contributed by atoms with Crippen LogP contribution >= 0.6 is 11.6 Å². The van der Waals surface area contributed by atoms with Crippen LogP contribution in [0.25, 0.3) is 0 Å². The van der Waals surface area contributed by atoms with Crippen LogP contribution < -0.4 is 15.4 Å². The first kappa shape index (κ1) is 22.3. The standard InChI is InChI=1S/C22H20ClN3O4S/c1-14-7-10-18(24-15(2)27)13-21(14)31(29,30)26-20-6-4-3-5-19(20)22(28)25-17-11-8-16(23)9-12-17/h3-13,26H,1-2H3,(H,24,27)(H,25,28). The number of rotatable bonds is 6. The van der Waals surface area contributed by atoms with E-state index in [1.165, 1.54) is 25.1 Å². The van der Waals surface area contributed by atoms with Gasteiger partial charge in [0, 0.05) is 23.3 Å². The van der Waals surface area contributed by atoms with E-state index in [-0.39, 0.29) is 22.1 Å². The van der Waals surface area contributed by atoms with Gasteiger partial charge in [-0.15, -0.1) is 0 Å². The van der Waals surface area contributed by atoms with Crippen LogP contribution in [-0.4, -0.2) is 20.2 Å². The molecule has 2 amide bonds. The summed E-state index contributed by atoms with van der Waals surface area (Å²) in [5.41, 5.74) is 1.64. The molecule has 0 saturated carbocycles. The molecule has 0 aliphatic rings. The summed E-state index contributed by atoms with van der Waals surface area (Å²) in [6.45, 7) is 2.98. The Morgan fingerprint density at radius 3 is 2.19 bits per heavy atom. The van der Waals surface area contributed by atoms with Crippen LogP contribution in [-0.2, 0) is 14.8 Å². The lowest BCUT2D eigenvalue weighted by Crippen LogP contribution is -2.19. The topological polar surface area (TPSA) is 104 Å². The summed E-state index contributed by atoms with van der Waals surface area (Å²) in [5, 5.41) is 5.81. The smallest absolute Gasteiger partial charge is 0.262 e. The van der Waals surface area contributed by atoms with Gasteiger partial charge in [-0.3, -0.25) is 14.3 Å². The Balaban J connectivity index is 1.90. The molecule has 9 heteroatoms. The summed E-state index contributed by atoms with van der Waals surface area (Å²) in [7, 11) is -4.04. The molecule has 0 heterocycles. The SMILES string of the molecule is CC(=O)Nc1ccc(C)c(S(=O)(=O)Nc2ccccc2C(=O)Nc2ccc(Cl)cc2)c1. The van der Waals surface area contributed by atoms with Gasteiger partial charge in [-0.1, -0.05) is 29.8 Å². The molecule has 7 nitrogen and oxygen atoms in total. The quantitative estimate of drug-likeness (QED) is 0.500. The summed E-state index contributed by atoms with van der Waals surface area (Å²) < 4.78 is 28.6. The lowest BCUT2D eigenvalue weighted by molar-refractivity contribution is -0.114. The normalized spacial score (nSPS) is 10.9. The van der Waals surface area contributed by atoms with E-state index in [1.807, 2.05) is 0 Å². The van der Waals surface area contributed by atoms with Crippen molar-refractivity contribution in [3.05, 3.63) is 82.9 Å². The molecule has 0 aliphatic heterocycles. The van der Waals surface area contributed by atoms with Gasteiger partial charge in [-0.2, -0.15) is 0 Å². The second kappa shape index (κ2) is 9.20. The minimum Gasteiger partial charge on any atom is -0.326 e. The Morgan fingerprint density at radius 2 is 1.52 bits per heavy atom. The van der Waals surface area contributed by atoms with Gasteiger partial charge in [-0.25, -0.2) is 8.42 Å². The molecule has 31 heavy (non-hydrogen) atoms. The van der Waals surface area contributed by atoms with Crippen molar-refractivity contribution < 1.29 is 18.0 Å². The van der Waals surface area contributed by atoms with Crippen molar-refractivity contribution in [3.63, 3.8) is 0 Å². The Labute approximate surface area is 185 Å². The first-order valence-corrected chi connectivity index (χ1v) is 11.1. The molecule has 0 bridgehead atoms. The molecule has 0 spiro atoms. The molecule has 0 unspecified atom stereocenters. The maximum atomic E-state index is 13.1. The van der Waals surface area contributed by atoms with Crippen LogP contribution in [0.2, 0.25) is 5.02 Å². The van der Waals surface area contributed by atoms with Crippen molar-refractivity contribution in [2.75, 3.05) is 15.4 Å². The van der Waals surface area contributed by atoms with Gasteiger partial charge in [0.25, 0.3) is 15.9 Å². The van der Waals surface area contributed by atoms with E-state index >= 15 is 0 Å². The largest absolute Gasteiger partial charge is 0.326 e. The van der Waals surface area contributed by atoms with Gasteiger partial charge in [0.15, 0.2) is 0 Å². The molecule has 3 rings (SSSR count). The number of carbonyl (C=O) groups is 2. The molecule has 0 atom stereocenters. The van der Waals surface area contributed by atoms with Crippen LogP contribution in [0, 0.1) is 6.92 Å². The molecule has 3 aromatic rings. The van der Waals surface area contributed by atoms with Crippen molar-refractivity contribution in [2.24, 2.45) is 0 Å². The highest BCUT2D eigenvalue weighted by Gasteiger charge is 2.21. The number of benzene rings is 3. The Bertz CT molecular complexity index is 1240. The second-order valence-corrected chi connectivity index (χ2v) is 8.86. The molecule has 0 radical (unpaired) electrons. The molecule has 3 N–H and O–H groups in total. The van der Waals surface area contributed by atoms with Gasteiger partial charge in [0.1, 0.15) is 0 Å². The molecule has 160 valence electrons. The van der Waals surface area contributed by atoms with Crippen molar-refractivity contribution in [1.29, 1.82) is 0 Å². The number of nitrogens with one attached hydrogen (secondary N) is 3. The number of hydrogen-bond acceptors (Lipinski definition) is 4. The van der Waals surface area contributed by atoms with Crippen LogP contribution in [0.15, 0.2) is 71.6 Å². The second-order valence-electron chi connectivity index (χ2n) is 6.77. The number of para-hydroxylation sites is 1. The van der Waals surface area contributed by atoms with E-state index in [9.17, 15) is 18.0 Å². The highest BCUT2D eigenvalue weighted by Crippen LogP contribution is 2.25. The van der Waals surface area contributed by atoms with Gasteiger partial charge < -0.3 is 10.6 Å². The minimum atomic E-state index is -4.04. The van der Waals surface area contributed by atoms with E-state index in [0.29, 0.717) is 22.0 Å². The van der Waals surface area contributed by atoms with Crippen LogP contribution in [0.4, 0.5) is 17.1 Å². The number of sulfonamides is 1. The van der Waals surface area contributed by atoms with E-state index in [4.69, 9.17) is 11.6 Å². The van der Waals surface area contributed by atoms with E-state index in [0.717, 1.165) is 0 Å². The predicted molar refractivity (Wildman–Crippen MR) is 122 cm³/mol. The van der Waals surface area contributed by atoms with Crippen molar-refractivity contribution in [2.45, 2.75) is 18.7 Å². The van der Waals surface area contributed by atoms with Crippen molar-refractivity contribution >= 4 is 50.5 Å². The lowest BCUT2D eigenvalue weighted by atomic mass is 10.1. The first-order valence-electron chi connectivity index (χ1n) is 9.23. The van der Waals surface area contributed by atoms with Crippen LogP contribution in [0.5, 0.6) is 0 Å². The molecule has 0 saturated heterocycles. The van der Waals surface area contributed by atoms with Crippen LogP contribution in [0.1, 0.15) is 22.8 Å². The average molecular weight is 458 g/mol. The zero-order chi connectivity index (χ0) is 22.6. The zero-order valence-electron chi connectivity index (χ0n) is 16.8. The fourth-order valence-electron chi connectivity index (χ4n) is 2.87. The number of hydrogen-bond donors (Lipinski definition) is 3. The summed E-state index contributed by atoms with van der Waals surface area (Å²) in [4.78, 5) is 24.1. The van der Waals surface area contributed by atoms with Gasteiger partial charge >= 0.3 is 0 Å². The fourth-order valence-corrected chi connectivity index (χ4v) is 4.35. The monoisotopic (exact) mass is 457 g/mol. The minimum absolute atomic E-state index is 0.00772. The Hall–Kier alpha value is -3.36. The van der Waals surface area contributed by atoms with E-state index < -0.39 is 15.9 Å². The van der Waals surface area contributed by atoms with E-state index in [1.54, 1.807) is 55.5 Å². The third-order valence-corrected chi connectivity index (χ3v) is 6.08. The number of aryl methyl sites for hydroxylation is 1. The van der Waals surface area contributed by atoms with Gasteiger partial charge in [-0.05, 0) is 61.0 Å². The first-order chi connectivity index (χ1) is 14.7. The van der Waals surface area contributed by atoms with Gasteiger partial charge in [0.2, 0.25) is 5.91 Å². The van der Waals surface area contributed by atoms with Crippen molar-refractivity contribution in [3.8, 4) is 0 Å². The Kier molecular flexibility index (Phi) is 6.62. The number of amides is 2. The third-order valence-electron chi connectivity index (χ3n) is 4.32. The molecular weight excluding hydrogens is 438 g/mol. The predicted octanol–water partition coefficient (Wildman–Crippen LogP) is 4.66.